The van der Waals surface area contributed by atoms with Gasteiger partial charge in [0.1, 0.15) is 0 Å². The number of carboxylic acid groups (broad SMARTS) is 1. The van der Waals surface area contributed by atoms with Gasteiger partial charge < -0.3 is 24.1 Å². The molecule has 3 aromatic rings. The fourth-order valence-corrected chi connectivity index (χ4v) is 5.30. The Morgan fingerprint density at radius 2 is 1.78 bits per heavy atom. The number of esters is 2. The summed E-state index contributed by atoms with van der Waals surface area (Å²) in [6.45, 7) is 5.25. The van der Waals surface area contributed by atoms with Crippen molar-refractivity contribution < 1.29 is 38.4 Å². The molecular weight excluding hydrogens is 552 g/mol. The molecular formula is C29H28N2O9S. The average molecular weight is 581 g/mol. The van der Waals surface area contributed by atoms with Crippen LogP contribution in [0.4, 0.5) is 0 Å². The summed E-state index contributed by atoms with van der Waals surface area (Å²) in [7, 11) is 1.25. The summed E-state index contributed by atoms with van der Waals surface area (Å²) < 4.78 is 23.1. The van der Waals surface area contributed by atoms with Gasteiger partial charge in [0.25, 0.3) is 5.56 Å². The second-order valence-corrected chi connectivity index (χ2v) is 9.74. The molecule has 1 aliphatic rings. The Bertz CT molecular complexity index is 1700. The van der Waals surface area contributed by atoms with Gasteiger partial charge in [0, 0.05) is 0 Å². The van der Waals surface area contributed by atoms with Gasteiger partial charge in [-0.3, -0.25) is 9.36 Å². The van der Waals surface area contributed by atoms with Gasteiger partial charge >= 0.3 is 17.9 Å². The summed E-state index contributed by atoms with van der Waals surface area (Å²) in [6.07, 6.45) is 1.64. The number of benzene rings is 2. The summed E-state index contributed by atoms with van der Waals surface area (Å²) in [5, 5.41) is 9.17. The van der Waals surface area contributed by atoms with E-state index in [1.54, 1.807) is 57.2 Å². The maximum Gasteiger partial charge on any atom is 0.343 e. The first kappa shape index (κ1) is 29.3. The van der Waals surface area contributed by atoms with Crippen molar-refractivity contribution in [1.29, 1.82) is 0 Å². The van der Waals surface area contributed by atoms with Crippen LogP contribution >= 0.6 is 11.3 Å². The Morgan fingerprint density at radius 3 is 2.41 bits per heavy atom. The lowest BCUT2D eigenvalue weighted by Crippen LogP contribution is -2.40. The predicted molar refractivity (Wildman–Crippen MR) is 149 cm³/mol. The number of carboxylic acids is 1. The number of hydrogen-bond donors (Lipinski definition) is 1. The maximum atomic E-state index is 13.8. The zero-order valence-electron chi connectivity index (χ0n) is 22.8. The first-order valence-electron chi connectivity index (χ1n) is 12.7. The number of ether oxygens (including phenoxy) is 4. The van der Waals surface area contributed by atoms with E-state index in [1.807, 2.05) is 0 Å². The van der Waals surface area contributed by atoms with E-state index in [0.29, 0.717) is 38.5 Å². The van der Waals surface area contributed by atoms with E-state index < -0.39 is 23.9 Å². The van der Waals surface area contributed by atoms with Crippen LogP contribution in [0.2, 0.25) is 0 Å². The van der Waals surface area contributed by atoms with E-state index in [4.69, 9.17) is 14.2 Å². The molecule has 0 radical (unpaired) electrons. The molecule has 0 fully saturated rings. The minimum Gasteiger partial charge on any atom is -0.490 e. The number of carbonyl (C=O) groups is 3. The number of fused-ring (bicyclic) bond motifs is 1. The number of methoxy groups -OCH3 is 1. The van der Waals surface area contributed by atoms with Crippen LogP contribution in [0.3, 0.4) is 0 Å². The van der Waals surface area contributed by atoms with Gasteiger partial charge in [0.05, 0.1) is 47.7 Å². The Morgan fingerprint density at radius 1 is 1.05 bits per heavy atom. The van der Waals surface area contributed by atoms with Gasteiger partial charge in [0.2, 0.25) is 0 Å². The van der Waals surface area contributed by atoms with Crippen LogP contribution in [0.15, 0.2) is 63.5 Å². The lowest BCUT2D eigenvalue weighted by molar-refractivity contribution is -0.143. The SMILES string of the molecule is CCOC(=O)C1=C(C)N=c2s/c(=C\c3ccc(C(=O)O)cc3)c(=O)n2[C@@H]1c1ccc(OCC(=O)OC)c(OCC)c1. The normalized spacial score (nSPS) is 14.6. The van der Waals surface area contributed by atoms with E-state index in [-0.39, 0.29) is 35.7 Å². The number of carbonyl (C=O) groups excluding carboxylic acids is 2. The summed E-state index contributed by atoms with van der Waals surface area (Å²) in [5.74, 6) is -1.62. The van der Waals surface area contributed by atoms with Gasteiger partial charge in [0.15, 0.2) is 22.9 Å². The number of thiazole rings is 1. The van der Waals surface area contributed by atoms with Crippen molar-refractivity contribution in [2.45, 2.75) is 26.8 Å². The largest absolute Gasteiger partial charge is 0.490 e. The molecule has 0 bridgehead atoms. The standard InChI is InChI=1S/C29H28N2O9S/c1-5-38-21-14-19(11-12-20(21)40-15-23(32)37-4)25-24(28(36)39-6-2)16(3)30-29-31(25)26(33)22(41-29)13-17-7-9-18(10-8-17)27(34)35/h7-14,25H,5-6,15H2,1-4H3,(H,34,35)/b22-13-/t25-/m1/s1. The molecule has 1 aliphatic heterocycles. The molecule has 0 saturated heterocycles. The molecule has 0 spiro atoms. The number of rotatable bonds is 10. The van der Waals surface area contributed by atoms with E-state index in [0.717, 1.165) is 11.3 Å². The van der Waals surface area contributed by atoms with Crippen LogP contribution in [-0.2, 0) is 19.1 Å². The molecule has 4 rings (SSSR count). The van der Waals surface area contributed by atoms with Crippen LogP contribution in [0.25, 0.3) is 6.08 Å². The zero-order chi connectivity index (χ0) is 29.7. The van der Waals surface area contributed by atoms with E-state index >= 15 is 0 Å². The Hall–Kier alpha value is -4.71. The molecule has 0 unspecified atom stereocenters. The minimum atomic E-state index is -1.05. The Balaban J connectivity index is 1.88. The van der Waals surface area contributed by atoms with Crippen LogP contribution in [0.1, 0.15) is 48.3 Å². The third-order valence-corrected chi connectivity index (χ3v) is 7.11. The van der Waals surface area contributed by atoms with Crippen LogP contribution in [-0.4, -0.2) is 54.5 Å². The highest BCUT2D eigenvalue weighted by atomic mass is 32.1. The zero-order valence-corrected chi connectivity index (χ0v) is 23.6. The van der Waals surface area contributed by atoms with Crippen molar-refractivity contribution in [3.05, 3.63) is 90.1 Å². The molecule has 2 heterocycles. The summed E-state index contributed by atoms with van der Waals surface area (Å²) in [6, 6.07) is 10.2. The van der Waals surface area contributed by atoms with Gasteiger partial charge in [-0.15, -0.1) is 0 Å². The highest BCUT2D eigenvalue weighted by Gasteiger charge is 2.34. The van der Waals surface area contributed by atoms with E-state index in [1.165, 1.54) is 23.8 Å². The quantitative estimate of drug-likeness (QED) is 0.358. The summed E-state index contributed by atoms with van der Waals surface area (Å²) >= 11 is 1.15. The second kappa shape index (κ2) is 12.6. The molecule has 0 saturated carbocycles. The molecule has 0 amide bonds. The van der Waals surface area contributed by atoms with Crippen molar-refractivity contribution in [1.82, 2.24) is 4.57 Å². The smallest absolute Gasteiger partial charge is 0.343 e. The Labute approximate surface area is 238 Å². The monoisotopic (exact) mass is 580 g/mol. The van der Waals surface area contributed by atoms with E-state index in [2.05, 4.69) is 9.73 Å². The van der Waals surface area contributed by atoms with Crippen molar-refractivity contribution >= 4 is 35.3 Å². The van der Waals surface area contributed by atoms with Crippen LogP contribution in [0.5, 0.6) is 11.5 Å². The maximum absolute atomic E-state index is 13.8. The topological polar surface area (TPSA) is 143 Å². The van der Waals surface area contributed by atoms with Crippen LogP contribution < -0.4 is 24.4 Å². The average Bonchev–Trinajstić information content (AvgIpc) is 3.25. The minimum absolute atomic E-state index is 0.127. The highest BCUT2D eigenvalue weighted by molar-refractivity contribution is 7.07. The van der Waals surface area contributed by atoms with Crippen molar-refractivity contribution in [3.63, 3.8) is 0 Å². The highest BCUT2D eigenvalue weighted by Crippen LogP contribution is 2.36. The van der Waals surface area contributed by atoms with E-state index in [9.17, 15) is 24.3 Å². The lowest BCUT2D eigenvalue weighted by atomic mass is 9.95. The summed E-state index contributed by atoms with van der Waals surface area (Å²) in [5.41, 5.74) is 1.50. The first-order valence-corrected chi connectivity index (χ1v) is 13.5. The van der Waals surface area contributed by atoms with Gasteiger partial charge in [-0.2, -0.15) is 0 Å². The molecule has 1 aromatic heterocycles. The summed E-state index contributed by atoms with van der Waals surface area (Å²) in [4.78, 5) is 54.7. The number of aromatic carboxylic acids is 1. The number of nitrogens with zero attached hydrogens (tertiary/aromatic N) is 2. The molecule has 11 nitrogen and oxygen atoms in total. The fourth-order valence-electron chi connectivity index (χ4n) is 4.26. The molecule has 214 valence electrons. The predicted octanol–water partition coefficient (Wildman–Crippen LogP) is 2.45. The molecule has 12 heteroatoms. The third-order valence-electron chi connectivity index (χ3n) is 6.13. The van der Waals surface area contributed by atoms with Crippen molar-refractivity contribution in [2.75, 3.05) is 26.9 Å². The van der Waals surface area contributed by atoms with Gasteiger partial charge in [-0.25, -0.2) is 19.4 Å². The first-order chi connectivity index (χ1) is 19.7. The molecule has 2 aromatic carbocycles. The van der Waals surface area contributed by atoms with Gasteiger partial charge in [-0.1, -0.05) is 29.5 Å². The number of hydrogen-bond acceptors (Lipinski definition) is 10. The van der Waals surface area contributed by atoms with Gasteiger partial charge in [-0.05, 0) is 62.2 Å². The molecule has 41 heavy (non-hydrogen) atoms. The molecule has 1 N–H and O–H groups in total. The van der Waals surface area contributed by atoms with Crippen LogP contribution in [0, 0.1) is 0 Å². The second-order valence-electron chi connectivity index (χ2n) is 8.73. The van der Waals surface area contributed by atoms with Crippen molar-refractivity contribution in [3.8, 4) is 11.5 Å². The fraction of sp³-hybridized carbons (Fsp3) is 0.276. The third kappa shape index (κ3) is 6.22. The van der Waals surface area contributed by atoms with Crippen molar-refractivity contribution in [2.24, 2.45) is 4.99 Å². The number of allylic oxidation sites excluding steroid dienone is 1. The molecule has 1 atom stereocenters. The molecule has 0 aliphatic carbocycles. The lowest BCUT2D eigenvalue weighted by Gasteiger charge is -2.25. The number of aromatic nitrogens is 1. The Kier molecular flexibility index (Phi) is 9.03.